The highest BCUT2D eigenvalue weighted by Gasteiger charge is 2.21. The smallest absolute Gasteiger partial charge is 0.311 e. The van der Waals surface area contributed by atoms with Gasteiger partial charge in [-0.25, -0.2) is 0 Å². The summed E-state index contributed by atoms with van der Waals surface area (Å²) < 4.78 is 5.71. The van der Waals surface area contributed by atoms with Crippen molar-refractivity contribution in [2.45, 2.75) is 25.7 Å². The minimum absolute atomic E-state index is 0.430. The second-order valence-corrected chi connectivity index (χ2v) is 4.96. The predicted octanol–water partition coefficient (Wildman–Crippen LogP) is 3.89. The van der Waals surface area contributed by atoms with Crippen molar-refractivity contribution in [2.75, 3.05) is 6.61 Å². The van der Waals surface area contributed by atoms with Gasteiger partial charge >= 0.3 is 5.97 Å². The van der Waals surface area contributed by atoms with E-state index in [-0.39, 0.29) is 0 Å². The maximum Gasteiger partial charge on any atom is 0.311 e. The molecule has 0 radical (unpaired) electrons. The van der Waals surface area contributed by atoms with Gasteiger partial charge in [-0.15, -0.1) is 0 Å². The zero-order chi connectivity index (χ0) is 15.1. The summed E-state index contributed by atoms with van der Waals surface area (Å²) >= 11 is 0. The Hall–Kier alpha value is -2.29. The van der Waals surface area contributed by atoms with Gasteiger partial charge in [0.25, 0.3) is 0 Å². The van der Waals surface area contributed by atoms with Gasteiger partial charge in [-0.1, -0.05) is 55.5 Å². The molecular weight excluding hydrogens is 264 g/mol. The van der Waals surface area contributed by atoms with Crippen LogP contribution < -0.4 is 4.74 Å². The van der Waals surface area contributed by atoms with Crippen LogP contribution in [0.15, 0.2) is 54.6 Å². The molecule has 0 saturated carbocycles. The molecule has 0 bridgehead atoms. The van der Waals surface area contributed by atoms with Gasteiger partial charge in [0.15, 0.2) is 0 Å². The Kier molecular flexibility index (Phi) is 5.38. The molecule has 2 aromatic carbocycles. The van der Waals surface area contributed by atoms with Gasteiger partial charge in [-0.05, 0) is 30.0 Å². The second kappa shape index (κ2) is 7.48. The number of para-hydroxylation sites is 1. The number of aliphatic carboxylic acids is 1. The van der Waals surface area contributed by atoms with Crippen LogP contribution in [0.4, 0.5) is 0 Å². The molecule has 0 spiro atoms. The Bertz CT molecular complexity index is 578. The van der Waals surface area contributed by atoms with Crippen molar-refractivity contribution in [3.8, 4) is 5.75 Å². The van der Waals surface area contributed by atoms with E-state index in [1.807, 2.05) is 61.5 Å². The molecule has 0 saturated heterocycles. The third-order valence-corrected chi connectivity index (χ3v) is 3.36. The quantitative estimate of drug-likeness (QED) is 0.839. The molecule has 3 heteroatoms. The summed E-state index contributed by atoms with van der Waals surface area (Å²) in [5.74, 6) is -0.592. The van der Waals surface area contributed by atoms with Crippen molar-refractivity contribution >= 4 is 5.97 Å². The Balaban J connectivity index is 2.24. The summed E-state index contributed by atoms with van der Waals surface area (Å²) in [6.07, 6.45) is 1.36. The summed E-state index contributed by atoms with van der Waals surface area (Å²) in [7, 11) is 0. The average molecular weight is 284 g/mol. The molecule has 0 aliphatic carbocycles. The van der Waals surface area contributed by atoms with E-state index in [1.165, 1.54) is 0 Å². The lowest BCUT2D eigenvalue weighted by Gasteiger charge is -2.16. The number of rotatable bonds is 7. The van der Waals surface area contributed by atoms with E-state index in [4.69, 9.17) is 4.74 Å². The molecule has 110 valence electrons. The van der Waals surface area contributed by atoms with Gasteiger partial charge in [0, 0.05) is 0 Å². The molecule has 0 aliphatic rings. The normalized spacial score (nSPS) is 11.9. The van der Waals surface area contributed by atoms with Crippen LogP contribution in [0.5, 0.6) is 5.75 Å². The van der Waals surface area contributed by atoms with E-state index >= 15 is 0 Å². The molecule has 2 rings (SSSR count). The molecule has 3 nitrogen and oxygen atoms in total. The summed E-state index contributed by atoms with van der Waals surface area (Å²) in [6, 6.07) is 17.0. The zero-order valence-electron chi connectivity index (χ0n) is 12.2. The Morgan fingerprint density at radius 1 is 1.10 bits per heavy atom. The maximum atomic E-state index is 11.6. The van der Waals surface area contributed by atoms with Gasteiger partial charge in [0.1, 0.15) is 5.75 Å². The summed E-state index contributed by atoms with van der Waals surface area (Å²) in [6.45, 7) is 2.69. The van der Waals surface area contributed by atoms with E-state index in [9.17, 15) is 9.90 Å². The number of benzene rings is 2. The minimum Gasteiger partial charge on any atom is -0.493 e. The van der Waals surface area contributed by atoms with Gasteiger partial charge in [-0.3, -0.25) is 4.79 Å². The maximum absolute atomic E-state index is 11.6. The largest absolute Gasteiger partial charge is 0.493 e. The predicted molar refractivity (Wildman–Crippen MR) is 82.8 cm³/mol. The fourth-order valence-electron chi connectivity index (χ4n) is 2.28. The van der Waals surface area contributed by atoms with Crippen molar-refractivity contribution in [3.05, 3.63) is 65.7 Å². The monoisotopic (exact) mass is 284 g/mol. The number of hydrogen-bond donors (Lipinski definition) is 1. The molecular formula is C18H20O3. The fourth-order valence-corrected chi connectivity index (χ4v) is 2.28. The van der Waals surface area contributed by atoms with Crippen molar-refractivity contribution in [1.29, 1.82) is 0 Å². The van der Waals surface area contributed by atoms with Gasteiger partial charge in [0.05, 0.1) is 12.5 Å². The molecule has 0 fully saturated rings. The Morgan fingerprint density at radius 2 is 1.76 bits per heavy atom. The summed E-state index contributed by atoms with van der Waals surface area (Å²) in [4.78, 5) is 11.6. The third kappa shape index (κ3) is 4.09. The number of hydrogen-bond acceptors (Lipinski definition) is 2. The SMILES string of the molecule is CCCOc1ccccc1CC(C(=O)O)c1ccccc1. The molecule has 21 heavy (non-hydrogen) atoms. The lowest BCUT2D eigenvalue weighted by molar-refractivity contribution is -0.138. The van der Waals surface area contributed by atoms with Crippen molar-refractivity contribution < 1.29 is 14.6 Å². The molecule has 0 heterocycles. The van der Waals surface area contributed by atoms with Crippen LogP contribution in [0.25, 0.3) is 0 Å². The summed E-state index contributed by atoms with van der Waals surface area (Å²) in [5, 5.41) is 9.51. The van der Waals surface area contributed by atoms with Crippen molar-refractivity contribution in [3.63, 3.8) is 0 Å². The average Bonchev–Trinajstić information content (AvgIpc) is 2.52. The van der Waals surface area contributed by atoms with Crippen LogP contribution in [0, 0.1) is 0 Å². The number of ether oxygens (including phenoxy) is 1. The van der Waals surface area contributed by atoms with Gasteiger partial charge in [-0.2, -0.15) is 0 Å². The van der Waals surface area contributed by atoms with Crippen molar-refractivity contribution in [1.82, 2.24) is 0 Å². The number of carboxylic acid groups (broad SMARTS) is 1. The zero-order valence-corrected chi connectivity index (χ0v) is 12.2. The highest BCUT2D eigenvalue weighted by Crippen LogP contribution is 2.27. The number of carboxylic acids is 1. The van der Waals surface area contributed by atoms with E-state index in [2.05, 4.69) is 0 Å². The van der Waals surface area contributed by atoms with Gasteiger partial charge in [0.2, 0.25) is 0 Å². The van der Waals surface area contributed by atoms with Crippen LogP contribution in [0.3, 0.4) is 0 Å². The lowest BCUT2D eigenvalue weighted by atomic mass is 9.92. The van der Waals surface area contributed by atoms with Crippen LogP contribution in [0.1, 0.15) is 30.4 Å². The van der Waals surface area contributed by atoms with Gasteiger partial charge < -0.3 is 9.84 Å². The lowest BCUT2D eigenvalue weighted by Crippen LogP contribution is -2.15. The van der Waals surface area contributed by atoms with E-state index < -0.39 is 11.9 Å². The number of carbonyl (C=O) groups is 1. The topological polar surface area (TPSA) is 46.5 Å². The summed E-state index contributed by atoms with van der Waals surface area (Å²) in [5.41, 5.74) is 1.75. The Labute approximate surface area is 125 Å². The Morgan fingerprint density at radius 3 is 2.43 bits per heavy atom. The van der Waals surface area contributed by atoms with Crippen molar-refractivity contribution in [2.24, 2.45) is 0 Å². The first-order valence-corrected chi connectivity index (χ1v) is 7.20. The minimum atomic E-state index is -0.813. The first kappa shape index (κ1) is 15.1. The molecule has 1 atom stereocenters. The second-order valence-electron chi connectivity index (χ2n) is 4.96. The fraction of sp³-hybridized carbons (Fsp3) is 0.278. The molecule has 0 amide bonds. The molecule has 2 aromatic rings. The third-order valence-electron chi connectivity index (χ3n) is 3.36. The van der Waals surface area contributed by atoms with E-state index in [0.29, 0.717) is 13.0 Å². The van der Waals surface area contributed by atoms with Crippen LogP contribution >= 0.6 is 0 Å². The molecule has 0 aliphatic heterocycles. The molecule has 1 unspecified atom stereocenters. The first-order valence-electron chi connectivity index (χ1n) is 7.20. The first-order chi connectivity index (χ1) is 10.2. The standard InChI is InChI=1S/C18H20O3/c1-2-12-21-17-11-7-6-10-15(17)13-16(18(19)20)14-8-4-3-5-9-14/h3-11,16H,2,12-13H2,1H3,(H,19,20). The van der Waals surface area contributed by atoms with E-state index in [0.717, 1.165) is 23.3 Å². The molecule has 1 N–H and O–H groups in total. The van der Waals surface area contributed by atoms with Crippen LogP contribution in [-0.4, -0.2) is 17.7 Å². The van der Waals surface area contributed by atoms with Crippen LogP contribution in [-0.2, 0) is 11.2 Å². The van der Waals surface area contributed by atoms with Crippen LogP contribution in [0.2, 0.25) is 0 Å². The van der Waals surface area contributed by atoms with E-state index in [1.54, 1.807) is 0 Å². The highest BCUT2D eigenvalue weighted by atomic mass is 16.5. The highest BCUT2D eigenvalue weighted by molar-refractivity contribution is 5.76. The molecule has 0 aromatic heterocycles.